The van der Waals surface area contributed by atoms with Gasteiger partial charge < -0.3 is 14.6 Å². The van der Waals surface area contributed by atoms with Crippen molar-refractivity contribution >= 4 is 23.1 Å². The molecule has 0 bridgehead atoms. The Morgan fingerprint density at radius 3 is 2.53 bits per heavy atom. The summed E-state index contributed by atoms with van der Waals surface area (Å²) in [6.45, 7) is 3.91. The monoisotopic (exact) mass is 455 g/mol. The Hall–Kier alpha value is -4.06. The van der Waals surface area contributed by atoms with Gasteiger partial charge in [0, 0.05) is 17.7 Å². The summed E-state index contributed by atoms with van der Waals surface area (Å²) in [5.74, 6) is -0.160. The van der Waals surface area contributed by atoms with E-state index >= 15 is 0 Å². The second-order valence-electron chi connectivity index (χ2n) is 8.74. The maximum Gasteiger partial charge on any atom is 0.300 e. The van der Waals surface area contributed by atoms with E-state index in [1.54, 1.807) is 37.4 Å². The first-order valence-corrected chi connectivity index (χ1v) is 11.2. The van der Waals surface area contributed by atoms with Gasteiger partial charge in [0.1, 0.15) is 23.4 Å². The molecule has 1 saturated heterocycles. The van der Waals surface area contributed by atoms with Crippen molar-refractivity contribution in [3.05, 3.63) is 94.6 Å². The Labute approximate surface area is 198 Å². The second-order valence-corrected chi connectivity index (χ2v) is 8.74. The van der Waals surface area contributed by atoms with Crippen molar-refractivity contribution in [1.82, 2.24) is 0 Å². The number of Topliss-reactive ketones (excluding diaryl/α,β-unsaturated/α-hetero) is 1. The van der Waals surface area contributed by atoms with Gasteiger partial charge in [-0.15, -0.1) is 0 Å². The Morgan fingerprint density at radius 2 is 1.82 bits per heavy atom. The van der Waals surface area contributed by atoms with Crippen molar-refractivity contribution in [2.75, 3.05) is 12.0 Å². The summed E-state index contributed by atoms with van der Waals surface area (Å²) >= 11 is 0. The van der Waals surface area contributed by atoms with Crippen molar-refractivity contribution < 1.29 is 24.2 Å². The van der Waals surface area contributed by atoms with Gasteiger partial charge in [-0.1, -0.05) is 24.3 Å². The quantitative estimate of drug-likeness (QED) is 0.342. The number of anilines is 1. The molecule has 2 aliphatic heterocycles. The third-order valence-corrected chi connectivity index (χ3v) is 6.33. The van der Waals surface area contributed by atoms with Crippen LogP contribution in [0.2, 0.25) is 0 Å². The smallest absolute Gasteiger partial charge is 0.300 e. The van der Waals surface area contributed by atoms with E-state index in [2.05, 4.69) is 0 Å². The molecule has 3 aromatic rings. The number of rotatable bonds is 4. The number of amides is 1. The van der Waals surface area contributed by atoms with Crippen LogP contribution in [0.3, 0.4) is 0 Å². The topological polar surface area (TPSA) is 76.1 Å². The highest BCUT2D eigenvalue weighted by Gasteiger charge is 2.47. The van der Waals surface area contributed by atoms with Crippen LogP contribution < -0.4 is 14.4 Å². The van der Waals surface area contributed by atoms with Crippen LogP contribution in [0.4, 0.5) is 5.69 Å². The predicted octanol–water partition coefficient (Wildman–Crippen LogP) is 4.95. The molecule has 6 nitrogen and oxygen atoms in total. The van der Waals surface area contributed by atoms with Crippen LogP contribution in [0, 0.1) is 6.92 Å². The highest BCUT2D eigenvalue weighted by Crippen LogP contribution is 2.43. The van der Waals surface area contributed by atoms with E-state index in [1.165, 1.54) is 4.90 Å². The van der Waals surface area contributed by atoms with E-state index in [0.29, 0.717) is 22.6 Å². The summed E-state index contributed by atoms with van der Waals surface area (Å²) in [6.07, 6.45) is 0.772. The Bertz CT molecular complexity index is 1320. The van der Waals surface area contributed by atoms with Crippen LogP contribution in [0.15, 0.2) is 72.3 Å². The standard InChI is InChI=1S/C28H25NO5/c1-16-5-4-6-21(13-16)29-25(18-7-10-22(33-3)11-8-18)24(27(31)28(29)32)26(30)19-9-12-23-20(15-19)14-17(2)34-23/h4-13,15,17,25,30H,14H2,1-3H3/b26-24-. The largest absolute Gasteiger partial charge is 0.507 e. The fraction of sp³-hybridized carbons (Fsp3) is 0.214. The summed E-state index contributed by atoms with van der Waals surface area (Å²) < 4.78 is 11.0. The molecule has 3 aromatic carbocycles. The minimum absolute atomic E-state index is 0.0543. The molecule has 2 unspecified atom stereocenters. The number of nitrogens with zero attached hydrogens (tertiary/aromatic N) is 1. The van der Waals surface area contributed by atoms with Gasteiger partial charge in [0.2, 0.25) is 0 Å². The molecule has 2 heterocycles. The number of ether oxygens (including phenoxy) is 2. The first kappa shape index (κ1) is 21.8. The van der Waals surface area contributed by atoms with Gasteiger partial charge in [0.05, 0.1) is 18.7 Å². The number of carbonyl (C=O) groups excluding carboxylic acids is 2. The number of aryl methyl sites for hydroxylation is 1. The van der Waals surface area contributed by atoms with Crippen LogP contribution in [-0.2, 0) is 16.0 Å². The first-order chi connectivity index (χ1) is 16.4. The van der Waals surface area contributed by atoms with E-state index < -0.39 is 17.7 Å². The summed E-state index contributed by atoms with van der Waals surface area (Å²) in [5, 5.41) is 11.4. The van der Waals surface area contributed by atoms with Gasteiger partial charge in [-0.3, -0.25) is 14.5 Å². The van der Waals surface area contributed by atoms with Crippen LogP contribution >= 0.6 is 0 Å². The van der Waals surface area contributed by atoms with E-state index in [4.69, 9.17) is 9.47 Å². The Balaban J connectivity index is 1.68. The molecule has 2 aliphatic rings. The van der Waals surface area contributed by atoms with Crippen LogP contribution in [0.25, 0.3) is 5.76 Å². The van der Waals surface area contributed by atoms with Crippen molar-refractivity contribution in [2.45, 2.75) is 32.4 Å². The molecule has 0 spiro atoms. The molecule has 34 heavy (non-hydrogen) atoms. The molecule has 172 valence electrons. The van der Waals surface area contributed by atoms with Gasteiger partial charge in [-0.2, -0.15) is 0 Å². The SMILES string of the molecule is COc1ccc(C2/C(=C(/O)c3ccc4c(c3)CC(C)O4)C(=O)C(=O)N2c2cccc(C)c2)cc1. The molecule has 1 fully saturated rings. The molecule has 1 N–H and O–H groups in total. The molecule has 0 radical (unpaired) electrons. The lowest BCUT2D eigenvalue weighted by Crippen LogP contribution is -2.29. The summed E-state index contributed by atoms with van der Waals surface area (Å²) in [4.78, 5) is 28.1. The second kappa shape index (κ2) is 8.37. The van der Waals surface area contributed by atoms with E-state index in [-0.39, 0.29) is 17.4 Å². The minimum atomic E-state index is -0.781. The summed E-state index contributed by atoms with van der Waals surface area (Å²) in [6, 6.07) is 19.2. The van der Waals surface area contributed by atoms with Crippen molar-refractivity contribution in [1.29, 1.82) is 0 Å². The van der Waals surface area contributed by atoms with Crippen LogP contribution in [-0.4, -0.2) is 30.0 Å². The highest BCUT2D eigenvalue weighted by molar-refractivity contribution is 6.51. The lowest BCUT2D eigenvalue weighted by atomic mass is 9.94. The van der Waals surface area contributed by atoms with Gasteiger partial charge in [-0.05, 0) is 73.0 Å². The van der Waals surface area contributed by atoms with Crippen molar-refractivity contribution in [3.63, 3.8) is 0 Å². The molecule has 2 atom stereocenters. The van der Waals surface area contributed by atoms with Crippen molar-refractivity contribution in [3.8, 4) is 11.5 Å². The van der Waals surface area contributed by atoms with E-state index in [1.807, 2.05) is 50.2 Å². The van der Waals surface area contributed by atoms with Crippen LogP contribution in [0.5, 0.6) is 11.5 Å². The first-order valence-electron chi connectivity index (χ1n) is 11.2. The number of hydrogen-bond acceptors (Lipinski definition) is 5. The Morgan fingerprint density at radius 1 is 1.06 bits per heavy atom. The van der Waals surface area contributed by atoms with Crippen molar-refractivity contribution in [2.24, 2.45) is 0 Å². The molecular formula is C28H25NO5. The molecular weight excluding hydrogens is 430 g/mol. The fourth-order valence-electron chi connectivity index (χ4n) is 4.70. The number of benzene rings is 3. The average Bonchev–Trinajstić information content (AvgIpc) is 3.34. The Kier molecular flexibility index (Phi) is 5.36. The molecule has 0 aromatic heterocycles. The molecule has 0 aliphatic carbocycles. The number of hydrogen-bond donors (Lipinski definition) is 1. The normalized spacial score (nSPS) is 20.9. The highest BCUT2D eigenvalue weighted by atomic mass is 16.5. The van der Waals surface area contributed by atoms with Crippen LogP contribution in [0.1, 0.15) is 35.2 Å². The number of aliphatic hydroxyl groups is 1. The van der Waals surface area contributed by atoms with E-state index in [9.17, 15) is 14.7 Å². The summed E-state index contributed by atoms with van der Waals surface area (Å²) in [5.41, 5.74) is 3.76. The molecule has 5 rings (SSSR count). The zero-order valence-electron chi connectivity index (χ0n) is 19.2. The molecule has 1 amide bonds. The maximum absolute atomic E-state index is 13.3. The number of ketones is 1. The van der Waals surface area contributed by atoms with Gasteiger partial charge in [-0.25, -0.2) is 0 Å². The number of fused-ring (bicyclic) bond motifs is 1. The predicted molar refractivity (Wildman–Crippen MR) is 129 cm³/mol. The number of carbonyl (C=O) groups is 2. The third kappa shape index (κ3) is 3.61. The maximum atomic E-state index is 13.3. The van der Waals surface area contributed by atoms with Gasteiger partial charge >= 0.3 is 0 Å². The van der Waals surface area contributed by atoms with Gasteiger partial charge in [0.25, 0.3) is 11.7 Å². The zero-order chi connectivity index (χ0) is 24.0. The molecule has 0 saturated carbocycles. The lowest BCUT2D eigenvalue weighted by molar-refractivity contribution is -0.132. The van der Waals surface area contributed by atoms with Gasteiger partial charge in [0.15, 0.2) is 0 Å². The lowest BCUT2D eigenvalue weighted by Gasteiger charge is -2.26. The summed E-state index contributed by atoms with van der Waals surface area (Å²) in [7, 11) is 1.58. The zero-order valence-corrected chi connectivity index (χ0v) is 19.2. The van der Waals surface area contributed by atoms with E-state index in [0.717, 1.165) is 23.3 Å². The molecule has 6 heteroatoms. The number of methoxy groups -OCH3 is 1. The average molecular weight is 456 g/mol. The third-order valence-electron chi connectivity index (χ3n) is 6.33. The minimum Gasteiger partial charge on any atom is -0.507 e. The number of aliphatic hydroxyl groups excluding tert-OH is 1. The fourth-order valence-corrected chi connectivity index (χ4v) is 4.70.